The molecule has 0 radical (unpaired) electrons. The molecule has 1 nitrogen and oxygen atoms in total. The molecule has 2 aliphatic rings. The van der Waals surface area contributed by atoms with Gasteiger partial charge in [-0.05, 0) is 32.2 Å². The van der Waals surface area contributed by atoms with Crippen LogP contribution in [0.2, 0.25) is 0 Å². The SMILES string of the molecule is FC(F)(C1CCC1)C1CCCCNC1. The third-order valence-corrected chi connectivity index (χ3v) is 3.74. The Hall–Kier alpha value is -0.180. The van der Waals surface area contributed by atoms with E-state index >= 15 is 0 Å². The summed E-state index contributed by atoms with van der Waals surface area (Å²) >= 11 is 0. The van der Waals surface area contributed by atoms with Crippen LogP contribution in [0.1, 0.15) is 38.5 Å². The van der Waals surface area contributed by atoms with Crippen molar-refractivity contribution in [2.24, 2.45) is 11.8 Å². The largest absolute Gasteiger partial charge is 0.316 e. The van der Waals surface area contributed by atoms with E-state index in [1.54, 1.807) is 0 Å². The van der Waals surface area contributed by atoms with Gasteiger partial charge in [0.05, 0.1) is 0 Å². The fourth-order valence-electron chi connectivity index (χ4n) is 2.47. The van der Waals surface area contributed by atoms with Gasteiger partial charge in [-0.15, -0.1) is 0 Å². The van der Waals surface area contributed by atoms with Crippen molar-refractivity contribution in [1.29, 1.82) is 0 Å². The lowest BCUT2D eigenvalue weighted by Crippen LogP contribution is -2.43. The molecule has 1 saturated carbocycles. The molecule has 1 aliphatic heterocycles. The highest BCUT2D eigenvalue weighted by Crippen LogP contribution is 2.45. The summed E-state index contributed by atoms with van der Waals surface area (Å²) in [7, 11) is 0. The molecule has 2 rings (SSSR count). The Morgan fingerprint density at radius 2 is 1.64 bits per heavy atom. The van der Waals surface area contributed by atoms with E-state index in [0.29, 0.717) is 13.0 Å². The normalized spacial score (nSPS) is 30.9. The highest BCUT2D eigenvalue weighted by Gasteiger charge is 2.48. The van der Waals surface area contributed by atoms with E-state index < -0.39 is 11.8 Å². The van der Waals surface area contributed by atoms with Crippen LogP contribution in [0.25, 0.3) is 0 Å². The molecule has 1 N–H and O–H groups in total. The maximum atomic E-state index is 13.9. The van der Waals surface area contributed by atoms with Crippen molar-refractivity contribution in [3.63, 3.8) is 0 Å². The van der Waals surface area contributed by atoms with E-state index in [0.717, 1.165) is 38.6 Å². The summed E-state index contributed by atoms with van der Waals surface area (Å²) in [6.07, 6.45) is 5.20. The zero-order valence-electron chi connectivity index (χ0n) is 8.57. The highest BCUT2D eigenvalue weighted by atomic mass is 19.3. The molecule has 3 heteroatoms. The van der Waals surface area contributed by atoms with Crippen molar-refractivity contribution in [1.82, 2.24) is 5.32 Å². The number of alkyl halides is 2. The van der Waals surface area contributed by atoms with E-state index in [1.165, 1.54) is 0 Å². The van der Waals surface area contributed by atoms with E-state index in [1.807, 2.05) is 0 Å². The smallest absolute Gasteiger partial charge is 0.254 e. The van der Waals surface area contributed by atoms with Crippen LogP contribution in [-0.2, 0) is 0 Å². The Morgan fingerprint density at radius 1 is 0.929 bits per heavy atom. The van der Waals surface area contributed by atoms with Crippen LogP contribution in [-0.4, -0.2) is 19.0 Å². The van der Waals surface area contributed by atoms with E-state index in [-0.39, 0.29) is 5.92 Å². The molecule has 0 amide bonds. The molecule has 0 aromatic carbocycles. The molecule has 2 fully saturated rings. The molecule has 1 aliphatic carbocycles. The lowest BCUT2D eigenvalue weighted by atomic mass is 9.74. The maximum Gasteiger partial charge on any atom is 0.254 e. The molecule has 0 aromatic rings. The van der Waals surface area contributed by atoms with Crippen LogP contribution < -0.4 is 5.32 Å². The summed E-state index contributed by atoms with van der Waals surface area (Å²) in [5.74, 6) is -3.13. The van der Waals surface area contributed by atoms with Gasteiger partial charge in [-0.2, -0.15) is 0 Å². The van der Waals surface area contributed by atoms with Gasteiger partial charge in [0.1, 0.15) is 0 Å². The van der Waals surface area contributed by atoms with Gasteiger partial charge in [0.15, 0.2) is 0 Å². The van der Waals surface area contributed by atoms with Crippen molar-refractivity contribution in [3.8, 4) is 0 Å². The molecular formula is C11H19F2N. The third-order valence-electron chi connectivity index (χ3n) is 3.74. The zero-order valence-corrected chi connectivity index (χ0v) is 8.57. The van der Waals surface area contributed by atoms with E-state index in [9.17, 15) is 8.78 Å². The average Bonchev–Trinajstić information content (AvgIpc) is 2.26. The predicted molar refractivity (Wildman–Crippen MR) is 52.5 cm³/mol. The fourth-order valence-corrected chi connectivity index (χ4v) is 2.47. The minimum atomic E-state index is -2.41. The van der Waals surface area contributed by atoms with Gasteiger partial charge in [-0.25, -0.2) is 8.78 Å². The maximum absolute atomic E-state index is 13.9. The summed E-state index contributed by atoms with van der Waals surface area (Å²) in [5, 5.41) is 3.13. The number of nitrogens with one attached hydrogen (secondary N) is 1. The molecule has 1 heterocycles. The Bertz CT molecular complexity index is 182. The first-order valence-electron chi connectivity index (χ1n) is 5.80. The van der Waals surface area contributed by atoms with Crippen LogP contribution in [0, 0.1) is 11.8 Å². The van der Waals surface area contributed by atoms with Gasteiger partial charge in [-0.3, -0.25) is 0 Å². The van der Waals surface area contributed by atoms with Crippen molar-refractivity contribution in [2.75, 3.05) is 13.1 Å². The van der Waals surface area contributed by atoms with E-state index in [2.05, 4.69) is 5.32 Å². The van der Waals surface area contributed by atoms with Gasteiger partial charge in [0.25, 0.3) is 5.92 Å². The predicted octanol–water partition coefficient (Wildman–Crippen LogP) is 2.81. The van der Waals surface area contributed by atoms with Gasteiger partial charge in [-0.1, -0.05) is 12.8 Å². The molecule has 0 spiro atoms. The van der Waals surface area contributed by atoms with Gasteiger partial charge < -0.3 is 5.32 Å². The van der Waals surface area contributed by atoms with Crippen LogP contribution in [0.5, 0.6) is 0 Å². The second-order valence-corrected chi connectivity index (χ2v) is 4.70. The summed E-state index contributed by atoms with van der Waals surface area (Å²) in [6.45, 7) is 1.43. The first-order valence-corrected chi connectivity index (χ1v) is 5.80. The molecule has 1 atom stereocenters. The molecule has 82 valence electrons. The molecular weight excluding hydrogens is 184 g/mol. The second kappa shape index (κ2) is 4.13. The first-order chi connectivity index (χ1) is 6.71. The monoisotopic (exact) mass is 203 g/mol. The van der Waals surface area contributed by atoms with Crippen molar-refractivity contribution < 1.29 is 8.78 Å². The van der Waals surface area contributed by atoms with Crippen LogP contribution in [0.3, 0.4) is 0 Å². The van der Waals surface area contributed by atoms with Crippen LogP contribution in [0.4, 0.5) is 8.78 Å². The van der Waals surface area contributed by atoms with Gasteiger partial charge >= 0.3 is 0 Å². The van der Waals surface area contributed by atoms with Crippen LogP contribution >= 0.6 is 0 Å². The lowest BCUT2D eigenvalue weighted by Gasteiger charge is -2.38. The minimum Gasteiger partial charge on any atom is -0.316 e. The van der Waals surface area contributed by atoms with Crippen molar-refractivity contribution in [2.45, 2.75) is 44.4 Å². The number of rotatable bonds is 2. The lowest BCUT2D eigenvalue weighted by molar-refractivity contribution is -0.132. The summed E-state index contributed by atoms with van der Waals surface area (Å²) in [4.78, 5) is 0. The van der Waals surface area contributed by atoms with Gasteiger partial charge in [0.2, 0.25) is 0 Å². The first kappa shape index (κ1) is 10.3. The summed E-state index contributed by atoms with van der Waals surface area (Å²) in [5.41, 5.74) is 0. The van der Waals surface area contributed by atoms with Crippen molar-refractivity contribution >= 4 is 0 Å². The summed E-state index contributed by atoms with van der Waals surface area (Å²) in [6, 6.07) is 0. The molecule has 1 saturated heterocycles. The quantitative estimate of drug-likeness (QED) is 0.727. The zero-order chi connectivity index (χ0) is 10.0. The summed E-state index contributed by atoms with van der Waals surface area (Å²) < 4.78 is 27.8. The Balaban J connectivity index is 1.95. The third kappa shape index (κ3) is 1.92. The molecule has 0 bridgehead atoms. The second-order valence-electron chi connectivity index (χ2n) is 4.70. The number of hydrogen-bond acceptors (Lipinski definition) is 1. The molecule has 14 heavy (non-hydrogen) atoms. The van der Waals surface area contributed by atoms with E-state index in [4.69, 9.17) is 0 Å². The molecule has 0 aromatic heterocycles. The Morgan fingerprint density at radius 3 is 2.29 bits per heavy atom. The molecule has 1 unspecified atom stereocenters. The van der Waals surface area contributed by atoms with Gasteiger partial charge in [0, 0.05) is 18.4 Å². The Labute approximate surface area is 84.3 Å². The highest BCUT2D eigenvalue weighted by molar-refractivity contribution is 4.90. The van der Waals surface area contributed by atoms with Crippen LogP contribution in [0.15, 0.2) is 0 Å². The standard InChI is InChI=1S/C11H19F2N/c12-11(13,9-5-3-6-9)10-4-1-2-7-14-8-10/h9-10,14H,1-8H2. The topological polar surface area (TPSA) is 12.0 Å². The average molecular weight is 203 g/mol. The minimum absolute atomic E-state index is 0.313. The number of hydrogen-bond donors (Lipinski definition) is 1. The number of halogens is 2. The Kier molecular flexibility index (Phi) is 3.05. The van der Waals surface area contributed by atoms with Crippen molar-refractivity contribution in [3.05, 3.63) is 0 Å². The fraction of sp³-hybridized carbons (Fsp3) is 1.00.